The highest BCUT2D eigenvalue weighted by atomic mass is 19.1. The number of carbonyl (C=O) groups excluding carboxylic acids is 3. The highest BCUT2D eigenvalue weighted by molar-refractivity contribution is 6.24. The lowest BCUT2D eigenvalue weighted by molar-refractivity contribution is -0.153. The van der Waals surface area contributed by atoms with Gasteiger partial charge in [-0.25, -0.2) is 4.39 Å². The predicted octanol–water partition coefficient (Wildman–Crippen LogP) is -0.315. The summed E-state index contributed by atoms with van der Waals surface area (Å²) in [6.07, 6.45) is -0.245. The van der Waals surface area contributed by atoms with E-state index in [1.165, 1.54) is 19.0 Å². The van der Waals surface area contributed by atoms with Crippen LogP contribution in [-0.2, 0) is 20.8 Å². The third-order valence-electron chi connectivity index (χ3n) is 6.70. The van der Waals surface area contributed by atoms with Crippen LogP contribution in [0.25, 0.3) is 5.76 Å². The summed E-state index contributed by atoms with van der Waals surface area (Å²) in [6.45, 7) is 0. The summed E-state index contributed by atoms with van der Waals surface area (Å²) in [5, 5.41) is 43.2. The second kappa shape index (κ2) is 6.78. The first-order valence-corrected chi connectivity index (χ1v) is 9.78. The average molecular weight is 447 g/mol. The van der Waals surface area contributed by atoms with E-state index in [1.54, 1.807) is 0 Å². The number of halogens is 1. The van der Waals surface area contributed by atoms with Crippen molar-refractivity contribution in [1.29, 1.82) is 0 Å². The third kappa shape index (κ3) is 2.55. The lowest BCUT2D eigenvalue weighted by Gasteiger charge is -2.50. The zero-order valence-electron chi connectivity index (χ0n) is 17.2. The van der Waals surface area contributed by atoms with Crippen LogP contribution in [-0.4, -0.2) is 68.5 Å². The van der Waals surface area contributed by atoms with Crippen LogP contribution in [0, 0.1) is 17.7 Å². The maximum atomic E-state index is 14.6. The standard InChI is InChI=1S/C21H22FN3O7/c1-25(2)14-8-4-6-3-7-9(22)5-10(23)15(26)12(7)16(27)11(6)18(29)21(8,32)19(30)13(17(14)28)20(24)31/h5-6,8,14,26-27,30,32H,3-4,23H2,1-2H3,(H2,24,31)/t6?,8?,14?,21-/m0/s1. The minimum atomic E-state index is -2.74. The van der Waals surface area contributed by atoms with Crippen LogP contribution in [0.3, 0.4) is 0 Å². The first kappa shape index (κ1) is 21.8. The highest BCUT2D eigenvalue weighted by Gasteiger charge is 2.64. The van der Waals surface area contributed by atoms with Gasteiger partial charge in [0.15, 0.2) is 11.4 Å². The Balaban J connectivity index is 2.00. The van der Waals surface area contributed by atoms with Gasteiger partial charge in [-0.3, -0.25) is 19.3 Å². The van der Waals surface area contributed by atoms with Crippen LogP contribution in [0.1, 0.15) is 17.5 Å². The number of aliphatic hydroxyl groups excluding tert-OH is 2. The van der Waals surface area contributed by atoms with Crippen molar-refractivity contribution in [1.82, 2.24) is 4.90 Å². The molecule has 3 aliphatic carbocycles. The first-order valence-electron chi connectivity index (χ1n) is 9.78. The Morgan fingerprint density at radius 2 is 1.88 bits per heavy atom. The number of aliphatic hydroxyl groups is 3. The molecule has 1 aromatic rings. The number of aromatic hydroxyl groups is 1. The molecular weight excluding hydrogens is 425 g/mol. The lowest BCUT2D eigenvalue weighted by Crippen LogP contribution is -2.65. The molecule has 0 bridgehead atoms. The molecule has 0 radical (unpaired) electrons. The molecule has 0 aliphatic heterocycles. The monoisotopic (exact) mass is 447 g/mol. The number of nitrogens with zero attached hydrogens (tertiary/aromatic N) is 1. The molecule has 3 aliphatic rings. The summed E-state index contributed by atoms with van der Waals surface area (Å²) in [7, 11) is 2.99. The Morgan fingerprint density at radius 1 is 1.25 bits per heavy atom. The second-order valence-electron chi connectivity index (χ2n) is 8.61. The predicted molar refractivity (Wildman–Crippen MR) is 109 cm³/mol. The molecule has 3 unspecified atom stereocenters. The number of fused-ring (bicyclic) bond motifs is 3. The zero-order valence-corrected chi connectivity index (χ0v) is 17.2. The van der Waals surface area contributed by atoms with Crippen molar-refractivity contribution in [2.45, 2.75) is 24.5 Å². The van der Waals surface area contributed by atoms with Crippen LogP contribution in [0.4, 0.5) is 10.1 Å². The molecule has 32 heavy (non-hydrogen) atoms. The Labute approximate surface area is 181 Å². The molecule has 1 saturated carbocycles. The molecule has 0 heterocycles. The van der Waals surface area contributed by atoms with E-state index in [1.807, 2.05) is 0 Å². The number of primary amides is 1. The number of Topliss-reactive ketones (excluding diaryl/α,β-unsaturated/α-hetero) is 2. The zero-order chi connectivity index (χ0) is 23.9. The number of phenols is 1. The fourth-order valence-electron chi connectivity index (χ4n) is 5.29. The highest BCUT2D eigenvalue weighted by Crippen LogP contribution is 2.53. The largest absolute Gasteiger partial charge is 0.508 e. The topological polar surface area (TPSA) is 187 Å². The number of anilines is 1. The molecule has 0 saturated heterocycles. The van der Waals surface area contributed by atoms with E-state index in [-0.39, 0.29) is 35.2 Å². The molecule has 10 nitrogen and oxygen atoms in total. The van der Waals surface area contributed by atoms with Crippen molar-refractivity contribution < 1.29 is 39.2 Å². The number of hydrogen-bond acceptors (Lipinski definition) is 9. The van der Waals surface area contributed by atoms with Gasteiger partial charge < -0.3 is 31.9 Å². The summed E-state index contributed by atoms with van der Waals surface area (Å²) in [5.41, 5.74) is 6.02. The fraction of sp³-hybridized carbons (Fsp3) is 0.381. The molecule has 1 amide bonds. The summed E-state index contributed by atoms with van der Waals surface area (Å²) in [5.74, 6) is -8.79. The maximum Gasteiger partial charge on any atom is 0.255 e. The summed E-state index contributed by atoms with van der Waals surface area (Å²) in [4.78, 5) is 39.7. The second-order valence-corrected chi connectivity index (χ2v) is 8.61. The lowest BCUT2D eigenvalue weighted by atomic mass is 9.57. The van der Waals surface area contributed by atoms with E-state index in [0.717, 1.165) is 6.07 Å². The van der Waals surface area contributed by atoms with Crippen molar-refractivity contribution in [3.8, 4) is 5.75 Å². The van der Waals surface area contributed by atoms with E-state index in [0.29, 0.717) is 0 Å². The number of rotatable bonds is 2. The smallest absolute Gasteiger partial charge is 0.255 e. The summed E-state index contributed by atoms with van der Waals surface area (Å²) >= 11 is 0. The molecule has 4 rings (SSSR count). The van der Waals surface area contributed by atoms with E-state index in [9.17, 15) is 39.2 Å². The van der Waals surface area contributed by atoms with Crippen molar-refractivity contribution in [2.24, 2.45) is 17.6 Å². The van der Waals surface area contributed by atoms with E-state index in [2.05, 4.69) is 0 Å². The Bertz CT molecular complexity index is 1170. The fourth-order valence-corrected chi connectivity index (χ4v) is 5.29. The maximum absolute atomic E-state index is 14.6. The average Bonchev–Trinajstić information content (AvgIpc) is 2.68. The van der Waals surface area contributed by atoms with E-state index >= 15 is 0 Å². The van der Waals surface area contributed by atoms with E-state index in [4.69, 9.17) is 11.5 Å². The number of amides is 1. The number of phenolic OH excluding ortho intramolecular Hbond substituents is 1. The number of ketones is 2. The van der Waals surface area contributed by atoms with Gasteiger partial charge in [0.05, 0.1) is 17.3 Å². The molecule has 170 valence electrons. The molecule has 1 aromatic carbocycles. The third-order valence-corrected chi connectivity index (χ3v) is 6.70. The number of likely N-dealkylation sites (N-methyl/N-ethyl adjacent to an activating group) is 1. The van der Waals surface area contributed by atoms with Crippen molar-refractivity contribution in [2.75, 3.05) is 19.8 Å². The van der Waals surface area contributed by atoms with Gasteiger partial charge in [0.2, 0.25) is 5.78 Å². The molecular formula is C21H22FN3O7. The van der Waals surface area contributed by atoms with Gasteiger partial charge in [0.25, 0.3) is 5.91 Å². The Kier molecular flexibility index (Phi) is 4.61. The van der Waals surface area contributed by atoms with Crippen LogP contribution < -0.4 is 11.5 Å². The number of benzene rings is 1. The van der Waals surface area contributed by atoms with Gasteiger partial charge in [0.1, 0.15) is 28.7 Å². The summed E-state index contributed by atoms with van der Waals surface area (Å²) in [6, 6.07) is -0.300. The first-order chi connectivity index (χ1) is 14.8. The normalized spacial score (nSPS) is 29.7. The Morgan fingerprint density at radius 3 is 2.44 bits per heavy atom. The van der Waals surface area contributed by atoms with Crippen LogP contribution in [0.5, 0.6) is 5.75 Å². The van der Waals surface area contributed by atoms with Gasteiger partial charge in [-0.2, -0.15) is 0 Å². The molecule has 11 heteroatoms. The summed E-state index contributed by atoms with van der Waals surface area (Å²) < 4.78 is 14.6. The van der Waals surface area contributed by atoms with Crippen molar-refractivity contribution >= 4 is 28.9 Å². The molecule has 0 spiro atoms. The Hall–Kier alpha value is -3.44. The molecule has 4 atom stereocenters. The van der Waals surface area contributed by atoms with Gasteiger partial charge >= 0.3 is 0 Å². The molecule has 0 aromatic heterocycles. The van der Waals surface area contributed by atoms with Crippen molar-refractivity contribution in [3.63, 3.8) is 0 Å². The van der Waals surface area contributed by atoms with Gasteiger partial charge in [-0.15, -0.1) is 0 Å². The van der Waals surface area contributed by atoms with Gasteiger partial charge in [-0.1, -0.05) is 0 Å². The minimum absolute atomic E-state index is 0.0673. The van der Waals surface area contributed by atoms with E-state index < -0.39 is 69.6 Å². The molecule has 8 N–H and O–H groups in total. The van der Waals surface area contributed by atoms with Crippen LogP contribution >= 0.6 is 0 Å². The van der Waals surface area contributed by atoms with Crippen LogP contribution in [0.15, 0.2) is 23.0 Å². The molecule has 1 fully saturated rings. The number of nitrogen functional groups attached to an aromatic ring is 1. The number of carbonyl (C=O) groups is 3. The van der Waals surface area contributed by atoms with Crippen LogP contribution in [0.2, 0.25) is 0 Å². The minimum Gasteiger partial charge on any atom is -0.508 e. The van der Waals surface area contributed by atoms with Gasteiger partial charge in [0, 0.05) is 23.1 Å². The van der Waals surface area contributed by atoms with Crippen molar-refractivity contribution in [3.05, 3.63) is 39.9 Å². The van der Waals surface area contributed by atoms with Gasteiger partial charge in [-0.05, 0) is 32.9 Å². The number of hydrogen-bond donors (Lipinski definition) is 6. The SMILES string of the molecule is CN(C)C1C(=O)C(C(N)=O)=C(O)[C@@]2(O)C(=O)C3=C(O)c4c(O)c(N)cc(F)c4CC3CC12. The quantitative estimate of drug-likeness (QED) is 0.201. The number of nitrogens with two attached hydrogens (primary N) is 2.